The van der Waals surface area contributed by atoms with Gasteiger partial charge in [0.1, 0.15) is 29.7 Å². The second kappa shape index (κ2) is 7.04. The minimum absolute atomic E-state index is 0.0698. The molecule has 0 saturated carbocycles. The van der Waals surface area contributed by atoms with Crippen LogP contribution in [-0.2, 0) is 11.3 Å². The third-order valence-electron chi connectivity index (χ3n) is 4.65. The Morgan fingerprint density at radius 2 is 2.21 bits per heavy atom. The zero-order valence-electron chi connectivity index (χ0n) is 15.2. The zero-order valence-corrected chi connectivity index (χ0v) is 16.0. The number of hydrazone groups is 1. The summed E-state index contributed by atoms with van der Waals surface area (Å²) in [5.41, 5.74) is 1.36. The van der Waals surface area contributed by atoms with Crippen molar-refractivity contribution in [2.24, 2.45) is 5.10 Å². The van der Waals surface area contributed by atoms with Gasteiger partial charge in [-0.15, -0.1) is 11.3 Å². The Morgan fingerprint density at radius 3 is 2.82 bits per heavy atom. The van der Waals surface area contributed by atoms with Crippen LogP contribution in [0.25, 0.3) is 0 Å². The number of rotatable bonds is 5. The Kier molecular flexibility index (Phi) is 4.55. The quantitative estimate of drug-likeness (QED) is 0.482. The van der Waals surface area contributed by atoms with Crippen LogP contribution in [0.5, 0.6) is 0 Å². The molecule has 0 aromatic carbocycles. The van der Waals surface area contributed by atoms with Crippen LogP contribution in [0.15, 0.2) is 45.4 Å². The van der Waals surface area contributed by atoms with Gasteiger partial charge >= 0.3 is 5.69 Å². The number of aromatic nitrogens is 2. The van der Waals surface area contributed by atoms with E-state index in [2.05, 4.69) is 10.2 Å². The summed E-state index contributed by atoms with van der Waals surface area (Å²) in [6, 6.07) is 7.12. The number of nitro groups is 1. The van der Waals surface area contributed by atoms with Crippen LogP contribution >= 0.6 is 11.3 Å². The summed E-state index contributed by atoms with van der Waals surface area (Å²) in [7, 11) is 0. The molecule has 0 radical (unpaired) electrons. The second-order valence-electron chi connectivity index (χ2n) is 6.43. The third kappa shape index (κ3) is 3.11. The molecule has 4 heterocycles. The normalized spacial score (nSPS) is 16.4. The minimum atomic E-state index is -0.479. The fourth-order valence-electron chi connectivity index (χ4n) is 3.34. The lowest BCUT2D eigenvalue weighted by Crippen LogP contribution is -2.30. The highest BCUT2D eigenvalue weighted by molar-refractivity contribution is 7.12. The van der Waals surface area contributed by atoms with E-state index < -0.39 is 4.92 Å². The maximum Gasteiger partial charge on any atom is 0.312 e. The number of hydrogen-bond donors (Lipinski definition) is 0. The molecule has 1 atom stereocenters. The van der Waals surface area contributed by atoms with E-state index in [1.807, 2.05) is 23.6 Å². The van der Waals surface area contributed by atoms with Crippen molar-refractivity contribution in [3.63, 3.8) is 0 Å². The fourth-order valence-corrected chi connectivity index (χ4v) is 4.06. The molecule has 0 spiro atoms. The van der Waals surface area contributed by atoms with Crippen molar-refractivity contribution in [3.05, 3.63) is 68.0 Å². The topological polar surface area (TPSA) is 107 Å². The number of amides is 1. The van der Waals surface area contributed by atoms with Crippen LogP contribution in [0.1, 0.15) is 34.5 Å². The average molecular weight is 399 g/mol. The van der Waals surface area contributed by atoms with Gasteiger partial charge < -0.3 is 4.42 Å². The van der Waals surface area contributed by atoms with Gasteiger partial charge in [0, 0.05) is 6.42 Å². The van der Waals surface area contributed by atoms with E-state index in [0.29, 0.717) is 17.9 Å². The van der Waals surface area contributed by atoms with Crippen molar-refractivity contribution < 1.29 is 14.1 Å². The Balaban J connectivity index is 1.64. The smallest absolute Gasteiger partial charge is 0.312 e. The maximum atomic E-state index is 13.0. The summed E-state index contributed by atoms with van der Waals surface area (Å²) in [6.45, 7) is 3.00. The van der Waals surface area contributed by atoms with E-state index in [9.17, 15) is 14.9 Å². The highest BCUT2D eigenvalue weighted by Crippen LogP contribution is 2.34. The molecule has 1 amide bonds. The first-order valence-corrected chi connectivity index (χ1v) is 9.49. The van der Waals surface area contributed by atoms with Gasteiger partial charge in [0.25, 0.3) is 5.91 Å². The molecule has 10 heteroatoms. The molecule has 9 nitrogen and oxygen atoms in total. The van der Waals surface area contributed by atoms with Crippen LogP contribution in [0.3, 0.4) is 0 Å². The van der Waals surface area contributed by atoms with Crippen molar-refractivity contribution in [1.82, 2.24) is 14.8 Å². The molecule has 28 heavy (non-hydrogen) atoms. The van der Waals surface area contributed by atoms with Crippen molar-refractivity contribution in [2.75, 3.05) is 0 Å². The predicted octanol–water partition coefficient (Wildman–Crippen LogP) is 3.44. The zero-order chi connectivity index (χ0) is 19.8. The van der Waals surface area contributed by atoms with Gasteiger partial charge in [-0.3, -0.25) is 19.6 Å². The highest BCUT2D eigenvalue weighted by Gasteiger charge is 2.36. The lowest BCUT2D eigenvalue weighted by atomic mass is 10.1. The molecule has 0 bridgehead atoms. The van der Waals surface area contributed by atoms with Gasteiger partial charge in [-0.2, -0.15) is 10.2 Å². The number of nitrogens with zero attached hydrogens (tertiary/aromatic N) is 5. The molecular weight excluding hydrogens is 382 g/mol. The first-order chi connectivity index (χ1) is 13.5. The summed E-state index contributed by atoms with van der Waals surface area (Å²) in [5, 5.41) is 23.3. The molecule has 1 aliphatic heterocycles. The van der Waals surface area contributed by atoms with Crippen LogP contribution in [0.4, 0.5) is 5.69 Å². The predicted molar refractivity (Wildman–Crippen MR) is 102 cm³/mol. The highest BCUT2D eigenvalue weighted by atomic mass is 32.1. The molecule has 144 valence electrons. The van der Waals surface area contributed by atoms with Crippen LogP contribution in [-0.4, -0.2) is 31.3 Å². The van der Waals surface area contributed by atoms with Gasteiger partial charge in [0.2, 0.25) is 0 Å². The minimum Gasteiger partial charge on any atom is -0.467 e. The van der Waals surface area contributed by atoms with Gasteiger partial charge in [-0.25, -0.2) is 5.01 Å². The fraction of sp³-hybridized carbons (Fsp3) is 0.278. The summed E-state index contributed by atoms with van der Waals surface area (Å²) in [6.07, 6.45) is 2.10. The Bertz CT molecular complexity index is 1050. The van der Waals surface area contributed by atoms with Gasteiger partial charge in [-0.05, 0) is 37.4 Å². The number of furan rings is 1. The van der Waals surface area contributed by atoms with E-state index in [4.69, 9.17) is 4.42 Å². The summed E-state index contributed by atoms with van der Waals surface area (Å²) < 4.78 is 6.87. The molecular formula is C18H17N5O4S. The molecule has 0 unspecified atom stereocenters. The SMILES string of the molecule is Cc1nn(CC(=O)N2N=C(c3cccs3)C[C@@H]2c2ccco2)c(C)c1[N+](=O)[O-]. The molecule has 0 saturated heterocycles. The Hall–Kier alpha value is -3.27. The molecule has 4 rings (SSSR count). The van der Waals surface area contributed by atoms with E-state index in [1.165, 1.54) is 9.69 Å². The number of thiophene rings is 1. The molecule has 1 aliphatic rings. The number of carbonyl (C=O) groups excluding carboxylic acids is 1. The van der Waals surface area contributed by atoms with E-state index >= 15 is 0 Å². The first-order valence-electron chi connectivity index (χ1n) is 8.61. The largest absolute Gasteiger partial charge is 0.467 e. The van der Waals surface area contributed by atoms with E-state index in [-0.39, 0.29) is 29.9 Å². The Labute approximate surface area is 164 Å². The Morgan fingerprint density at radius 1 is 1.39 bits per heavy atom. The number of aryl methyl sites for hydroxylation is 1. The first kappa shape index (κ1) is 18.1. The molecule has 0 fully saturated rings. The number of hydrogen-bond acceptors (Lipinski definition) is 7. The molecule has 3 aromatic rings. The van der Waals surface area contributed by atoms with Crippen molar-refractivity contribution in [2.45, 2.75) is 32.9 Å². The number of carbonyl (C=O) groups is 1. The monoisotopic (exact) mass is 399 g/mol. The van der Waals surface area contributed by atoms with Crippen LogP contribution in [0.2, 0.25) is 0 Å². The van der Waals surface area contributed by atoms with Crippen molar-refractivity contribution >= 4 is 28.6 Å². The van der Waals surface area contributed by atoms with Crippen molar-refractivity contribution in [3.8, 4) is 0 Å². The summed E-state index contributed by atoms with van der Waals surface area (Å²) in [5.74, 6) is 0.330. The second-order valence-corrected chi connectivity index (χ2v) is 7.38. The van der Waals surface area contributed by atoms with Gasteiger partial charge in [-0.1, -0.05) is 6.07 Å². The van der Waals surface area contributed by atoms with Crippen LogP contribution in [0, 0.1) is 24.0 Å². The third-order valence-corrected chi connectivity index (χ3v) is 5.57. The maximum absolute atomic E-state index is 13.0. The molecule has 0 aliphatic carbocycles. The summed E-state index contributed by atoms with van der Waals surface area (Å²) >= 11 is 1.56. The lowest BCUT2D eigenvalue weighted by Gasteiger charge is -2.20. The van der Waals surface area contributed by atoms with Crippen molar-refractivity contribution in [1.29, 1.82) is 0 Å². The van der Waals surface area contributed by atoms with Crippen LogP contribution < -0.4 is 0 Å². The van der Waals surface area contributed by atoms with Gasteiger partial charge in [0.15, 0.2) is 0 Å². The standard InChI is InChI=1S/C18H17N5O4S/c1-11-18(23(25)26)12(2)21(19-11)10-17(24)22-14(15-5-3-7-27-15)9-13(20-22)16-6-4-8-28-16/h3-8,14H,9-10H2,1-2H3/t14-/m1/s1. The van der Waals surface area contributed by atoms with E-state index in [1.54, 1.807) is 37.5 Å². The summed E-state index contributed by atoms with van der Waals surface area (Å²) in [4.78, 5) is 24.7. The molecule has 0 N–H and O–H groups in total. The van der Waals surface area contributed by atoms with E-state index in [0.717, 1.165) is 10.6 Å². The molecule has 3 aromatic heterocycles. The van der Waals surface area contributed by atoms with Gasteiger partial charge in [0.05, 0.1) is 21.8 Å². The average Bonchev–Trinajstić information content (AvgIpc) is 3.42. The lowest BCUT2D eigenvalue weighted by molar-refractivity contribution is -0.386.